The molecule has 592 valence electrons. The van der Waals surface area contributed by atoms with E-state index in [1.54, 1.807) is 50.2 Å². The second kappa shape index (κ2) is 24.9. The molecule has 0 nitrogen and oxygen atoms in total. The van der Waals surface area contributed by atoms with Crippen molar-refractivity contribution in [2.45, 2.75) is 59.1 Å². The zero-order valence-electron chi connectivity index (χ0n) is 53.2. The second-order valence-corrected chi connectivity index (χ2v) is 35.0. The van der Waals surface area contributed by atoms with Crippen molar-refractivity contribution in [2.24, 2.45) is 0 Å². The van der Waals surface area contributed by atoms with Gasteiger partial charge in [-0.2, -0.15) is 0 Å². The Morgan fingerprint density at radius 2 is 0.402 bits per heavy atom. The summed E-state index contributed by atoms with van der Waals surface area (Å²) in [6.07, 6.45) is 0. The SMILES string of the molecule is Cc1cc(F)c(-c2cc(F)c(S(F)(F)(F)(F)F)c(F)c2)c(F)c1.Cc1ccc(-c2cc(F)c(S(F)(F)(F)(F)F)c(F)c2)c(F)c1.Cc1ccc(-c2cc(F)c(S(F)(F)(F)(F)F)c(F)c2)cc1.Cc1ccc(-c2ccc(S(F)(F)(F)(F)F)c(F)c2)c(F)c1.Cc1ccc(-c2ccc(S(F)(F)(F)(F)F)c(F)c2)cc1. The standard InChI is InChI=1S/C13H7F9S.C13H8F8S.2C13H9F7S.C13H10F6S/c1-6-2-8(14)12(9(15)3-6)7-4-10(16)13(11(17)5-7)23(18,19,20,21)22;1-7-2-3-9(10(14)4-7)8-5-11(15)13(12(16)6-8)22(17,18,19,20)21;1-8-2-4-10(11(14)6-8)9-3-5-13(12(15)7-9)21(16,17,18,19)20;1-8-2-4-9(5-3-8)10-6-11(14)13(12(15)7-10)21(16,17,18,19)20;1-9-2-4-10(5-3-9)11-6-7-13(12(14)8-11)20(15,16,17,18)19/h2-5H,1H3;2-6H,1H3;2*2-7H,1H3;2-8H,1H3. The predicted molar refractivity (Wildman–Crippen MR) is 340 cm³/mol. The number of halogens is 37. The van der Waals surface area contributed by atoms with Gasteiger partial charge in [0.1, 0.15) is 79.6 Å². The third-order valence-electron chi connectivity index (χ3n) is 14.0. The predicted octanol–water partition coefficient (Wildman–Crippen LogP) is 33.3. The van der Waals surface area contributed by atoms with Gasteiger partial charge in [0.2, 0.25) is 0 Å². The van der Waals surface area contributed by atoms with Gasteiger partial charge in [0, 0.05) is 11.1 Å². The monoisotopic (exact) mass is 1690 g/mol. The molecule has 0 aromatic heterocycles. The van der Waals surface area contributed by atoms with E-state index in [1.165, 1.54) is 44.2 Å². The highest BCUT2D eigenvalue weighted by atomic mass is 32.5. The molecule has 0 heterocycles. The van der Waals surface area contributed by atoms with Gasteiger partial charge in [0.25, 0.3) is 0 Å². The first-order valence-corrected chi connectivity index (χ1v) is 37.9. The average Bonchev–Trinajstić information content (AvgIpc) is 0.748. The van der Waals surface area contributed by atoms with Crippen LogP contribution >= 0.6 is 51.1 Å². The van der Waals surface area contributed by atoms with Crippen molar-refractivity contribution >= 4 is 51.1 Å². The van der Waals surface area contributed by atoms with E-state index < -0.39 is 168 Å². The topological polar surface area (TPSA) is 0 Å². The zero-order valence-corrected chi connectivity index (χ0v) is 57.3. The largest absolute Gasteiger partial charge is 0.315 e. The molecule has 107 heavy (non-hydrogen) atoms. The molecule has 0 fully saturated rings. The number of hydrogen-bond donors (Lipinski definition) is 0. The lowest BCUT2D eigenvalue weighted by molar-refractivity contribution is 0.341. The molecule has 10 aromatic carbocycles. The maximum atomic E-state index is 13.7. The van der Waals surface area contributed by atoms with E-state index >= 15 is 0 Å². The molecule has 0 spiro atoms. The van der Waals surface area contributed by atoms with Crippen molar-refractivity contribution in [3.63, 3.8) is 0 Å². The quantitative estimate of drug-likeness (QED) is 0.120. The number of rotatable bonds is 10. The molecular weight excluding hydrogens is 1640 g/mol. The van der Waals surface area contributed by atoms with Crippen LogP contribution in [0.15, 0.2) is 194 Å². The van der Waals surface area contributed by atoms with E-state index in [0.717, 1.165) is 47.5 Å². The number of benzene rings is 10. The first-order chi connectivity index (χ1) is 47.2. The molecule has 0 N–H and O–H groups in total. The van der Waals surface area contributed by atoms with E-state index in [9.17, 15) is 150 Å². The Balaban J connectivity index is 0.000000209. The van der Waals surface area contributed by atoms with Crippen molar-refractivity contribution in [2.75, 3.05) is 0 Å². The van der Waals surface area contributed by atoms with E-state index in [4.69, 9.17) is 0 Å². The van der Waals surface area contributed by atoms with Gasteiger partial charge < -0.3 is 0 Å². The lowest BCUT2D eigenvalue weighted by Gasteiger charge is -2.40. The Morgan fingerprint density at radius 1 is 0.168 bits per heavy atom. The molecule has 0 amide bonds. The summed E-state index contributed by atoms with van der Waals surface area (Å²) < 4.78 is 477. The first kappa shape index (κ1) is 87.3. The van der Waals surface area contributed by atoms with Crippen LogP contribution in [-0.2, 0) is 0 Å². The summed E-state index contributed by atoms with van der Waals surface area (Å²) in [5.41, 5.74) is -0.0681. The highest BCUT2D eigenvalue weighted by Crippen LogP contribution is 3.05. The lowest BCUT2D eigenvalue weighted by atomic mass is 10.0. The molecule has 0 aliphatic rings. The van der Waals surface area contributed by atoms with Crippen LogP contribution in [0.3, 0.4) is 0 Å². The van der Waals surface area contributed by atoms with Gasteiger partial charge in [-0.25, -0.2) is 52.7 Å². The summed E-state index contributed by atoms with van der Waals surface area (Å²) in [6, 6.07) is 23.7. The van der Waals surface area contributed by atoms with Gasteiger partial charge >= 0.3 is 51.1 Å². The average molecular weight is 1690 g/mol. The molecule has 0 aliphatic heterocycles. The fourth-order valence-corrected chi connectivity index (χ4v) is 13.5. The van der Waals surface area contributed by atoms with Crippen LogP contribution in [0.4, 0.5) is 150 Å². The van der Waals surface area contributed by atoms with Crippen LogP contribution in [-0.4, -0.2) is 0 Å². The van der Waals surface area contributed by atoms with Gasteiger partial charge in [0.15, 0.2) is 14.7 Å². The maximum Gasteiger partial charge on any atom is 0.315 e. The third kappa shape index (κ3) is 22.7. The fourth-order valence-electron chi connectivity index (χ4n) is 9.40. The van der Waals surface area contributed by atoms with Gasteiger partial charge in [-0.15, -0.1) is 0 Å². The molecule has 10 aromatic rings. The summed E-state index contributed by atoms with van der Waals surface area (Å²) in [6.45, 7) is 7.95. The van der Waals surface area contributed by atoms with Crippen molar-refractivity contribution in [3.8, 4) is 55.6 Å². The summed E-state index contributed by atoms with van der Waals surface area (Å²) in [5, 5.41) is 0. The number of aryl methyl sites for hydroxylation is 5. The minimum absolute atomic E-state index is 0.0318. The Morgan fingerprint density at radius 3 is 0.692 bits per heavy atom. The summed E-state index contributed by atoms with van der Waals surface area (Å²) in [7, 11) is -51.7. The molecule has 0 atom stereocenters. The number of hydrogen-bond acceptors (Lipinski definition) is 0. The molecular formula is C65H43F37S5. The molecule has 0 aliphatic carbocycles. The van der Waals surface area contributed by atoms with E-state index in [2.05, 4.69) is 0 Å². The van der Waals surface area contributed by atoms with Gasteiger partial charge in [0.05, 0.1) is 5.56 Å². The molecule has 0 unspecified atom stereocenters. The molecule has 0 radical (unpaired) electrons. The third-order valence-corrected chi connectivity index (χ3v) is 19.8. The van der Waals surface area contributed by atoms with Crippen LogP contribution in [0, 0.1) is 104 Å². The fraction of sp³-hybridized carbons (Fsp3) is 0.0769. The highest BCUT2D eigenvalue weighted by Gasteiger charge is 2.72. The van der Waals surface area contributed by atoms with E-state index in [1.807, 2.05) is 6.92 Å². The van der Waals surface area contributed by atoms with E-state index in [0.29, 0.717) is 28.8 Å². The van der Waals surface area contributed by atoms with Crippen molar-refractivity contribution < 1.29 is 150 Å². The van der Waals surface area contributed by atoms with E-state index in [-0.39, 0.29) is 88.0 Å². The van der Waals surface area contributed by atoms with Crippen LogP contribution in [0.1, 0.15) is 27.8 Å². The van der Waals surface area contributed by atoms with Crippen LogP contribution in [0.5, 0.6) is 0 Å². The minimum Gasteiger partial charge on any atom is -0.206 e. The molecule has 42 heteroatoms. The van der Waals surface area contributed by atoms with Crippen LogP contribution in [0.25, 0.3) is 55.6 Å². The van der Waals surface area contributed by atoms with Gasteiger partial charge in [-0.3, -0.25) is 0 Å². The Labute approximate surface area is 580 Å². The van der Waals surface area contributed by atoms with Crippen LogP contribution in [0.2, 0.25) is 0 Å². The Kier molecular flexibility index (Phi) is 20.3. The minimum atomic E-state index is -10.6. The first-order valence-electron chi connectivity index (χ1n) is 28.1. The summed E-state index contributed by atoms with van der Waals surface area (Å²) >= 11 is 0. The van der Waals surface area contributed by atoms with Crippen molar-refractivity contribution in [1.82, 2.24) is 0 Å². The normalized spacial score (nSPS) is 15.4. The maximum absolute atomic E-state index is 13.7. The molecule has 0 saturated carbocycles. The molecule has 0 saturated heterocycles. The smallest absolute Gasteiger partial charge is 0.206 e. The van der Waals surface area contributed by atoms with Gasteiger partial charge in [-0.1, -0.05) is 193 Å². The summed E-state index contributed by atoms with van der Waals surface area (Å²) in [4.78, 5) is -14.8. The Bertz CT molecular complexity index is 5080. The van der Waals surface area contributed by atoms with Crippen LogP contribution < -0.4 is 0 Å². The molecule has 10 rings (SSSR count). The highest BCUT2D eigenvalue weighted by molar-refractivity contribution is 8.47. The second-order valence-electron chi connectivity index (χ2n) is 23.2. The van der Waals surface area contributed by atoms with Gasteiger partial charge in [-0.05, 0) is 175 Å². The lowest BCUT2D eigenvalue weighted by Crippen LogP contribution is -2.12. The zero-order chi connectivity index (χ0) is 82.3. The Hall–Kier alpha value is -8.64. The van der Waals surface area contributed by atoms with Crippen molar-refractivity contribution in [1.29, 1.82) is 0 Å². The molecule has 0 bridgehead atoms. The summed E-state index contributed by atoms with van der Waals surface area (Å²) in [5.74, 6) is -23.4. The van der Waals surface area contributed by atoms with Crippen molar-refractivity contribution in [3.05, 3.63) is 267 Å².